The molecule has 2 heteroatoms. The Morgan fingerprint density at radius 3 is 2.85 bits per heavy atom. The van der Waals surface area contributed by atoms with Crippen molar-refractivity contribution in [1.29, 1.82) is 0 Å². The van der Waals surface area contributed by atoms with Crippen LogP contribution in [-0.4, -0.2) is 11.0 Å². The Labute approximate surface area is 121 Å². The molecule has 1 N–H and O–H groups in total. The number of aromatic nitrogens is 1. The SMILES string of the molecule is CCc1ccc2nc3c(c(CNC(C)C)c2c1)CCC3. The fourth-order valence-electron chi connectivity index (χ4n) is 3.13. The summed E-state index contributed by atoms with van der Waals surface area (Å²) in [4.78, 5) is 4.89. The van der Waals surface area contributed by atoms with E-state index < -0.39 is 0 Å². The summed E-state index contributed by atoms with van der Waals surface area (Å²) in [5.74, 6) is 0. The number of fused-ring (bicyclic) bond motifs is 2. The highest BCUT2D eigenvalue weighted by Gasteiger charge is 2.19. The van der Waals surface area contributed by atoms with Crippen LogP contribution in [0.1, 0.15) is 49.6 Å². The van der Waals surface area contributed by atoms with Crippen molar-refractivity contribution in [3.8, 4) is 0 Å². The quantitative estimate of drug-likeness (QED) is 0.912. The van der Waals surface area contributed by atoms with E-state index in [1.807, 2.05) is 0 Å². The number of nitrogens with zero attached hydrogens (tertiary/aromatic N) is 1. The lowest BCUT2D eigenvalue weighted by atomic mass is 9.98. The molecule has 1 aromatic heterocycles. The van der Waals surface area contributed by atoms with E-state index in [9.17, 15) is 0 Å². The first-order valence-electron chi connectivity index (χ1n) is 7.85. The second-order valence-corrected chi connectivity index (χ2v) is 6.11. The monoisotopic (exact) mass is 268 g/mol. The van der Waals surface area contributed by atoms with E-state index >= 15 is 0 Å². The molecule has 1 aromatic carbocycles. The van der Waals surface area contributed by atoms with Gasteiger partial charge in [-0.05, 0) is 54.5 Å². The molecule has 0 aliphatic heterocycles. The van der Waals surface area contributed by atoms with Crippen LogP contribution in [0, 0.1) is 0 Å². The molecule has 0 saturated carbocycles. The van der Waals surface area contributed by atoms with Crippen molar-refractivity contribution in [2.45, 2.75) is 59.0 Å². The molecule has 20 heavy (non-hydrogen) atoms. The Bertz CT molecular complexity index is 629. The Morgan fingerprint density at radius 1 is 1.25 bits per heavy atom. The van der Waals surface area contributed by atoms with Crippen molar-refractivity contribution in [3.05, 3.63) is 40.6 Å². The van der Waals surface area contributed by atoms with E-state index in [0.29, 0.717) is 6.04 Å². The predicted molar refractivity (Wildman–Crippen MR) is 85.1 cm³/mol. The molecule has 0 unspecified atom stereocenters. The molecule has 0 bridgehead atoms. The summed E-state index contributed by atoms with van der Waals surface area (Å²) in [6.45, 7) is 7.60. The van der Waals surface area contributed by atoms with Crippen LogP contribution in [0.2, 0.25) is 0 Å². The van der Waals surface area contributed by atoms with Gasteiger partial charge in [0.1, 0.15) is 0 Å². The van der Waals surface area contributed by atoms with Gasteiger partial charge in [-0.2, -0.15) is 0 Å². The number of hydrogen-bond acceptors (Lipinski definition) is 2. The van der Waals surface area contributed by atoms with Gasteiger partial charge in [0.25, 0.3) is 0 Å². The molecule has 0 amide bonds. The lowest BCUT2D eigenvalue weighted by Crippen LogP contribution is -2.23. The minimum atomic E-state index is 0.518. The van der Waals surface area contributed by atoms with Gasteiger partial charge in [-0.15, -0.1) is 0 Å². The highest BCUT2D eigenvalue weighted by molar-refractivity contribution is 5.84. The Balaban J connectivity index is 2.15. The molecule has 2 nitrogen and oxygen atoms in total. The average Bonchev–Trinajstić information content (AvgIpc) is 2.90. The fraction of sp³-hybridized carbons (Fsp3) is 0.500. The van der Waals surface area contributed by atoms with Crippen LogP contribution in [-0.2, 0) is 25.8 Å². The zero-order valence-corrected chi connectivity index (χ0v) is 12.8. The van der Waals surface area contributed by atoms with E-state index in [0.717, 1.165) is 19.4 Å². The first kappa shape index (κ1) is 13.6. The van der Waals surface area contributed by atoms with Crippen LogP contribution in [0.25, 0.3) is 10.9 Å². The lowest BCUT2D eigenvalue weighted by Gasteiger charge is -2.15. The minimum absolute atomic E-state index is 0.518. The van der Waals surface area contributed by atoms with Crippen LogP contribution in [0.3, 0.4) is 0 Å². The largest absolute Gasteiger partial charge is 0.310 e. The van der Waals surface area contributed by atoms with Gasteiger partial charge >= 0.3 is 0 Å². The maximum absolute atomic E-state index is 4.89. The van der Waals surface area contributed by atoms with E-state index in [4.69, 9.17) is 4.98 Å². The van der Waals surface area contributed by atoms with E-state index in [1.54, 1.807) is 0 Å². The van der Waals surface area contributed by atoms with Crippen molar-refractivity contribution in [1.82, 2.24) is 10.3 Å². The molecule has 1 aliphatic rings. The van der Waals surface area contributed by atoms with Gasteiger partial charge < -0.3 is 5.32 Å². The summed E-state index contributed by atoms with van der Waals surface area (Å²) in [5, 5.41) is 4.95. The van der Waals surface area contributed by atoms with E-state index in [-0.39, 0.29) is 0 Å². The minimum Gasteiger partial charge on any atom is -0.310 e. The average molecular weight is 268 g/mol. The van der Waals surface area contributed by atoms with Gasteiger partial charge in [-0.1, -0.05) is 26.8 Å². The van der Waals surface area contributed by atoms with E-state index in [1.165, 1.54) is 46.1 Å². The van der Waals surface area contributed by atoms with Crippen LogP contribution in [0.4, 0.5) is 0 Å². The van der Waals surface area contributed by atoms with Crippen LogP contribution >= 0.6 is 0 Å². The third kappa shape index (κ3) is 2.45. The summed E-state index contributed by atoms with van der Waals surface area (Å²) in [6.07, 6.45) is 4.69. The number of benzene rings is 1. The number of rotatable bonds is 4. The van der Waals surface area contributed by atoms with Crippen LogP contribution in [0.5, 0.6) is 0 Å². The Morgan fingerprint density at radius 2 is 2.10 bits per heavy atom. The third-order valence-corrected chi connectivity index (χ3v) is 4.29. The normalized spacial score (nSPS) is 14.2. The fourth-order valence-corrected chi connectivity index (χ4v) is 3.13. The summed E-state index contributed by atoms with van der Waals surface area (Å²) < 4.78 is 0. The van der Waals surface area contributed by atoms with Crippen molar-refractivity contribution in [2.24, 2.45) is 0 Å². The Kier molecular flexibility index (Phi) is 3.75. The van der Waals surface area contributed by atoms with Crippen LogP contribution in [0.15, 0.2) is 18.2 Å². The number of aryl methyl sites for hydroxylation is 2. The zero-order chi connectivity index (χ0) is 14.1. The van der Waals surface area contributed by atoms with Gasteiger partial charge in [0.15, 0.2) is 0 Å². The summed E-state index contributed by atoms with van der Waals surface area (Å²) in [6, 6.07) is 7.28. The van der Waals surface area contributed by atoms with E-state index in [2.05, 4.69) is 44.3 Å². The molecule has 3 rings (SSSR count). The van der Waals surface area contributed by atoms with Crippen molar-refractivity contribution in [3.63, 3.8) is 0 Å². The highest BCUT2D eigenvalue weighted by Crippen LogP contribution is 2.30. The van der Waals surface area contributed by atoms with Gasteiger partial charge in [0.2, 0.25) is 0 Å². The molecule has 0 radical (unpaired) electrons. The summed E-state index contributed by atoms with van der Waals surface area (Å²) in [7, 11) is 0. The maximum atomic E-state index is 4.89. The smallest absolute Gasteiger partial charge is 0.0708 e. The van der Waals surface area contributed by atoms with Gasteiger partial charge in [-0.25, -0.2) is 0 Å². The van der Waals surface area contributed by atoms with Gasteiger partial charge in [0.05, 0.1) is 5.52 Å². The third-order valence-electron chi connectivity index (χ3n) is 4.29. The molecular formula is C18H24N2. The summed E-state index contributed by atoms with van der Waals surface area (Å²) >= 11 is 0. The lowest BCUT2D eigenvalue weighted by molar-refractivity contribution is 0.588. The van der Waals surface area contributed by atoms with Crippen molar-refractivity contribution < 1.29 is 0 Å². The number of nitrogens with one attached hydrogen (secondary N) is 1. The van der Waals surface area contributed by atoms with Gasteiger partial charge in [0, 0.05) is 23.7 Å². The molecule has 1 aliphatic carbocycles. The van der Waals surface area contributed by atoms with Gasteiger partial charge in [-0.3, -0.25) is 4.98 Å². The summed E-state index contributed by atoms with van der Waals surface area (Å²) in [5.41, 5.74) is 6.92. The molecule has 2 aromatic rings. The standard InChI is InChI=1S/C18H24N2/c1-4-13-8-9-18-15(10-13)16(11-19-12(2)3)14-6-5-7-17(14)20-18/h8-10,12,19H,4-7,11H2,1-3H3. The second-order valence-electron chi connectivity index (χ2n) is 6.11. The topological polar surface area (TPSA) is 24.9 Å². The highest BCUT2D eigenvalue weighted by atomic mass is 14.9. The molecule has 0 saturated heterocycles. The first-order valence-corrected chi connectivity index (χ1v) is 7.85. The number of pyridine rings is 1. The maximum Gasteiger partial charge on any atom is 0.0708 e. The molecule has 106 valence electrons. The van der Waals surface area contributed by atoms with Crippen LogP contribution < -0.4 is 5.32 Å². The molecule has 1 heterocycles. The Hall–Kier alpha value is -1.41. The zero-order valence-electron chi connectivity index (χ0n) is 12.8. The second kappa shape index (κ2) is 5.53. The predicted octanol–water partition coefficient (Wildman–Crippen LogP) is 3.78. The number of hydrogen-bond donors (Lipinski definition) is 1. The molecule has 0 spiro atoms. The van der Waals surface area contributed by atoms with Crippen molar-refractivity contribution >= 4 is 10.9 Å². The first-order chi connectivity index (χ1) is 9.69. The molecular weight excluding hydrogens is 244 g/mol. The molecule has 0 fully saturated rings. The van der Waals surface area contributed by atoms with Crippen molar-refractivity contribution in [2.75, 3.05) is 0 Å². The molecule has 0 atom stereocenters.